The summed E-state index contributed by atoms with van der Waals surface area (Å²) in [6.07, 6.45) is 3.58. The monoisotopic (exact) mass is 423 g/mol. The van der Waals surface area contributed by atoms with E-state index in [2.05, 4.69) is 43.9 Å². The van der Waals surface area contributed by atoms with Crippen LogP contribution in [0.1, 0.15) is 64.5 Å². The maximum absolute atomic E-state index is 12.4. The van der Waals surface area contributed by atoms with E-state index >= 15 is 0 Å². The van der Waals surface area contributed by atoms with Crippen molar-refractivity contribution < 1.29 is 17.9 Å². The Morgan fingerprint density at radius 1 is 1.14 bits per heavy atom. The van der Waals surface area contributed by atoms with Crippen molar-refractivity contribution in [2.24, 2.45) is 0 Å². The fraction of sp³-hybridized carbons (Fsp3) is 0.696. The third-order valence-electron chi connectivity index (χ3n) is 5.60. The number of ketones is 1. The molecule has 29 heavy (non-hydrogen) atoms. The highest BCUT2D eigenvalue weighted by molar-refractivity contribution is 7.91. The molecule has 0 saturated carbocycles. The van der Waals surface area contributed by atoms with Gasteiger partial charge in [0.1, 0.15) is 5.78 Å². The molecule has 6 heteroatoms. The minimum Gasteiger partial charge on any atom is -0.372 e. The lowest BCUT2D eigenvalue weighted by Crippen LogP contribution is -2.45. The van der Waals surface area contributed by atoms with E-state index < -0.39 is 9.84 Å². The van der Waals surface area contributed by atoms with E-state index in [-0.39, 0.29) is 29.0 Å². The Hall–Kier alpha value is -1.40. The molecule has 1 heterocycles. The Bertz CT molecular complexity index is 778. The number of hydrogen-bond donors (Lipinski definition) is 0. The average molecular weight is 424 g/mol. The van der Waals surface area contributed by atoms with Crippen LogP contribution in [0.3, 0.4) is 0 Å². The van der Waals surface area contributed by atoms with E-state index in [0.29, 0.717) is 19.3 Å². The van der Waals surface area contributed by atoms with Gasteiger partial charge in [0, 0.05) is 31.6 Å². The van der Waals surface area contributed by atoms with Crippen molar-refractivity contribution in [3.63, 3.8) is 0 Å². The van der Waals surface area contributed by atoms with Crippen LogP contribution in [-0.2, 0) is 25.8 Å². The van der Waals surface area contributed by atoms with Crippen LogP contribution >= 0.6 is 0 Å². The molecule has 0 amide bonds. The highest BCUT2D eigenvalue weighted by atomic mass is 32.2. The van der Waals surface area contributed by atoms with Crippen LogP contribution in [0, 0.1) is 6.92 Å². The molecule has 1 fully saturated rings. The molecule has 0 N–H and O–H groups in total. The summed E-state index contributed by atoms with van der Waals surface area (Å²) in [5.41, 5.74) is 3.41. The van der Waals surface area contributed by atoms with E-state index in [1.807, 2.05) is 0 Å². The molecule has 164 valence electrons. The number of sulfone groups is 1. The molecule has 1 saturated heterocycles. The van der Waals surface area contributed by atoms with Gasteiger partial charge in [0.25, 0.3) is 0 Å². The SMILES string of the molecule is Cc1cc(N2C[C@@H](C)O[C@@H](C)C2)ccc1CC(=O)CCCCCS(=O)(=O)C(C)C. The van der Waals surface area contributed by atoms with Gasteiger partial charge >= 0.3 is 0 Å². The van der Waals surface area contributed by atoms with Gasteiger partial charge in [-0.15, -0.1) is 0 Å². The molecule has 2 atom stereocenters. The predicted octanol–water partition coefficient (Wildman–Crippen LogP) is 4.10. The van der Waals surface area contributed by atoms with Crippen LogP contribution < -0.4 is 4.90 Å². The quantitative estimate of drug-likeness (QED) is 0.530. The van der Waals surface area contributed by atoms with Gasteiger partial charge < -0.3 is 9.64 Å². The summed E-state index contributed by atoms with van der Waals surface area (Å²) in [5.74, 6) is 0.444. The number of nitrogens with zero attached hydrogens (tertiary/aromatic N) is 1. The molecule has 0 radical (unpaired) electrons. The number of anilines is 1. The van der Waals surface area contributed by atoms with Gasteiger partial charge in [0.15, 0.2) is 9.84 Å². The lowest BCUT2D eigenvalue weighted by Gasteiger charge is -2.37. The van der Waals surface area contributed by atoms with Crippen molar-refractivity contribution in [2.75, 3.05) is 23.7 Å². The summed E-state index contributed by atoms with van der Waals surface area (Å²) in [5, 5.41) is -0.320. The Morgan fingerprint density at radius 3 is 2.38 bits per heavy atom. The number of benzene rings is 1. The summed E-state index contributed by atoms with van der Waals surface area (Å²) < 4.78 is 29.4. The van der Waals surface area contributed by atoms with Gasteiger partial charge in [0.2, 0.25) is 0 Å². The largest absolute Gasteiger partial charge is 0.372 e. The van der Waals surface area contributed by atoms with Crippen molar-refractivity contribution in [2.45, 2.75) is 84.2 Å². The van der Waals surface area contributed by atoms with Crippen LogP contribution in [0.4, 0.5) is 5.69 Å². The first kappa shape index (κ1) is 23.9. The number of unbranched alkanes of at least 4 members (excludes halogenated alkanes) is 2. The van der Waals surface area contributed by atoms with Gasteiger partial charge in [-0.2, -0.15) is 0 Å². The van der Waals surface area contributed by atoms with Crippen LogP contribution in [0.25, 0.3) is 0 Å². The Balaban J connectivity index is 1.80. The van der Waals surface area contributed by atoms with Crippen molar-refractivity contribution >= 4 is 21.3 Å². The number of ether oxygens (including phenoxy) is 1. The molecule has 1 aliphatic heterocycles. The van der Waals surface area contributed by atoms with E-state index in [1.165, 1.54) is 5.69 Å². The van der Waals surface area contributed by atoms with Crippen molar-refractivity contribution in [3.8, 4) is 0 Å². The second kappa shape index (κ2) is 10.6. The van der Waals surface area contributed by atoms with Crippen LogP contribution in [0.15, 0.2) is 18.2 Å². The minimum atomic E-state index is -2.97. The molecule has 5 nitrogen and oxygen atoms in total. The zero-order valence-corrected chi connectivity index (χ0v) is 19.4. The van der Waals surface area contributed by atoms with Gasteiger partial charge in [0.05, 0.1) is 23.2 Å². The molecule has 1 aromatic carbocycles. The minimum absolute atomic E-state index is 0.218. The van der Waals surface area contributed by atoms with E-state index in [9.17, 15) is 13.2 Å². The molecule has 0 bridgehead atoms. The van der Waals surface area contributed by atoms with Crippen molar-refractivity contribution in [1.82, 2.24) is 0 Å². The predicted molar refractivity (Wildman–Crippen MR) is 120 cm³/mol. The second-order valence-corrected chi connectivity index (χ2v) is 11.4. The number of hydrogen-bond acceptors (Lipinski definition) is 5. The highest BCUT2D eigenvalue weighted by Gasteiger charge is 2.22. The van der Waals surface area contributed by atoms with Gasteiger partial charge in [-0.05, 0) is 70.7 Å². The molecule has 2 rings (SSSR count). The standard InChI is InChI=1S/C23H37NO4S/c1-17(2)29(26,27)12-8-6-7-9-23(25)14-21-10-11-22(13-18(21)3)24-15-19(4)28-20(5)16-24/h10-11,13,17,19-20H,6-9,12,14-16H2,1-5H3/t19-,20+. The highest BCUT2D eigenvalue weighted by Crippen LogP contribution is 2.24. The molecular weight excluding hydrogens is 386 g/mol. The lowest BCUT2D eigenvalue weighted by atomic mass is 9.99. The van der Waals surface area contributed by atoms with Crippen LogP contribution in [-0.4, -0.2) is 50.5 Å². The molecule has 0 spiro atoms. The molecule has 1 aromatic rings. The third kappa shape index (κ3) is 7.41. The molecule has 0 aliphatic carbocycles. The molecular formula is C23H37NO4S. The summed E-state index contributed by atoms with van der Waals surface area (Å²) in [7, 11) is -2.97. The van der Waals surface area contributed by atoms with Crippen LogP contribution in [0.2, 0.25) is 0 Å². The Morgan fingerprint density at radius 2 is 1.79 bits per heavy atom. The van der Waals surface area contributed by atoms with Gasteiger partial charge in [-0.3, -0.25) is 4.79 Å². The number of morpholine rings is 1. The van der Waals surface area contributed by atoms with E-state index in [4.69, 9.17) is 4.74 Å². The topological polar surface area (TPSA) is 63.7 Å². The smallest absolute Gasteiger partial charge is 0.152 e. The number of aryl methyl sites for hydroxylation is 1. The first-order valence-corrected chi connectivity index (χ1v) is 12.5. The normalized spacial score (nSPS) is 20.3. The number of carbonyl (C=O) groups excluding carboxylic acids is 1. The van der Waals surface area contributed by atoms with E-state index in [1.54, 1.807) is 13.8 Å². The molecule has 1 aliphatic rings. The number of Topliss-reactive ketones (excluding diaryl/α,β-unsaturated/α-hetero) is 1. The lowest BCUT2D eigenvalue weighted by molar-refractivity contribution is -0.118. The fourth-order valence-electron chi connectivity index (χ4n) is 3.80. The van der Waals surface area contributed by atoms with E-state index in [0.717, 1.165) is 37.1 Å². The Labute approximate surface area is 176 Å². The number of carbonyl (C=O) groups is 1. The third-order valence-corrected chi connectivity index (χ3v) is 7.90. The van der Waals surface area contributed by atoms with Gasteiger partial charge in [-0.1, -0.05) is 12.5 Å². The zero-order chi connectivity index (χ0) is 21.6. The Kier molecular flexibility index (Phi) is 8.71. The second-order valence-electron chi connectivity index (χ2n) is 8.71. The summed E-state index contributed by atoms with van der Waals surface area (Å²) in [6.45, 7) is 11.5. The summed E-state index contributed by atoms with van der Waals surface area (Å²) in [4.78, 5) is 14.7. The zero-order valence-electron chi connectivity index (χ0n) is 18.6. The van der Waals surface area contributed by atoms with Gasteiger partial charge in [-0.25, -0.2) is 8.42 Å². The maximum atomic E-state index is 12.4. The molecule has 0 aromatic heterocycles. The van der Waals surface area contributed by atoms with Crippen LogP contribution in [0.5, 0.6) is 0 Å². The first-order chi connectivity index (χ1) is 13.6. The summed E-state index contributed by atoms with van der Waals surface area (Å²) >= 11 is 0. The fourth-order valence-corrected chi connectivity index (χ4v) is 4.88. The number of rotatable bonds is 10. The first-order valence-electron chi connectivity index (χ1n) is 10.8. The van der Waals surface area contributed by atoms with Crippen molar-refractivity contribution in [3.05, 3.63) is 29.3 Å². The molecule has 0 unspecified atom stereocenters. The van der Waals surface area contributed by atoms with Crippen molar-refractivity contribution in [1.29, 1.82) is 0 Å². The average Bonchev–Trinajstić information content (AvgIpc) is 2.62. The maximum Gasteiger partial charge on any atom is 0.152 e. The summed E-state index contributed by atoms with van der Waals surface area (Å²) in [6, 6.07) is 6.35.